The molecule has 0 saturated carbocycles. The number of likely N-dealkylation sites (N-methyl/N-ethyl adjacent to an activating group) is 1. The molecule has 0 aliphatic carbocycles. The van der Waals surface area contributed by atoms with Crippen LogP contribution in [0.2, 0.25) is 0 Å². The molecule has 2 heterocycles. The van der Waals surface area contributed by atoms with Gasteiger partial charge in [0.15, 0.2) is 11.2 Å². The van der Waals surface area contributed by atoms with Gasteiger partial charge in [0.05, 0.1) is 6.33 Å². The highest BCUT2D eigenvalue weighted by Gasteiger charge is 2.21. The molecule has 0 aliphatic heterocycles. The number of fused-ring (bicyclic) bond motifs is 1. The zero-order valence-corrected chi connectivity index (χ0v) is 16.2. The van der Waals surface area contributed by atoms with Gasteiger partial charge in [0.2, 0.25) is 5.91 Å². The van der Waals surface area contributed by atoms with Gasteiger partial charge < -0.3 is 9.47 Å². The summed E-state index contributed by atoms with van der Waals surface area (Å²) in [5.74, 6) is -0.313. The number of hydrogen-bond acceptors (Lipinski definition) is 4. The second-order valence-corrected chi connectivity index (χ2v) is 6.69. The van der Waals surface area contributed by atoms with Crippen molar-refractivity contribution in [1.82, 2.24) is 18.7 Å². The van der Waals surface area contributed by atoms with Gasteiger partial charge in [-0.05, 0) is 38.0 Å². The molecule has 0 bridgehead atoms. The highest BCUT2D eigenvalue weighted by atomic mass is 16.2. The van der Waals surface area contributed by atoms with Crippen molar-refractivity contribution in [3.05, 3.63) is 56.5 Å². The molecule has 3 aromatic rings. The van der Waals surface area contributed by atoms with E-state index >= 15 is 0 Å². The van der Waals surface area contributed by atoms with E-state index in [-0.39, 0.29) is 12.5 Å². The third-order valence-corrected chi connectivity index (χ3v) is 4.77. The molecule has 8 nitrogen and oxygen atoms in total. The molecule has 27 heavy (non-hydrogen) atoms. The Balaban J connectivity index is 2.08. The van der Waals surface area contributed by atoms with Gasteiger partial charge in [0, 0.05) is 26.3 Å². The van der Waals surface area contributed by atoms with Gasteiger partial charge in [-0.25, -0.2) is 14.3 Å². The predicted octanol–water partition coefficient (Wildman–Crippen LogP) is 1.10. The van der Waals surface area contributed by atoms with E-state index in [1.165, 1.54) is 10.9 Å². The van der Waals surface area contributed by atoms with Gasteiger partial charge >= 0.3 is 5.69 Å². The number of benzene rings is 1. The van der Waals surface area contributed by atoms with Gasteiger partial charge in [0.1, 0.15) is 6.54 Å². The summed E-state index contributed by atoms with van der Waals surface area (Å²) in [4.78, 5) is 44.1. The van der Waals surface area contributed by atoms with E-state index in [4.69, 9.17) is 0 Å². The maximum absolute atomic E-state index is 13.0. The van der Waals surface area contributed by atoms with Gasteiger partial charge in [-0.3, -0.25) is 14.2 Å². The lowest BCUT2D eigenvalue weighted by molar-refractivity contribution is -0.119. The average Bonchev–Trinajstić information content (AvgIpc) is 3.02. The predicted molar refractivity (Wildman–Crippen MR) is 104 cm³/mol. The molecule has 0 radical (unpaired) electrons. The molecule has 0 N–H and O–H groups in total. The van der Waals surface area contributed by atoms with Crippen LogP contribution >= 0.6 is 0 Å². The highest BCUT2D eigenvalue weighted by Crippen LogP contribution is 2.21. The topological polar surface area (TPSA) is 82.1 Å². The summed E-state index contributed by atoms with van der Waals surface area (Å²) < 4.78 is 3.82. The van der Waals surface area contributed by atoms with Crippen LogP contribution in [0.15, 0.2) is 34.1 Å². The van der Waals surface area contributed by atoms with Crippen LogP contribution < -0.4 is 16.1 Å². The van der Waals surface area contributed by atoms with Crippen molar-refractivity contribution in [3.63, 3.8) is 0 Å². The third kappa shape index (κ3) is 3.07. The van der Waals surface area contributed by atoms with Crippen molar-refractivity contribution in [2.45, 2.75) is 27.3 Å². The second-order valence-electron chi connectivity index (χ2n) is 6.69. The molecule has 0 atom stereocenters. The summed E-state index contributed by atoms with van der Waals surface area (Å²) in [7, 11) is 3.22. The van der Waals surface area contributed by atoms with Crippen LogP contribution in [0.1, 0.15) is 18.1 Å². The smallest absolute Gasteiger partial charge is 0.328 e. The van der Waals surface area contributed by atoms with Crippen molar-refractivity contribution in [2.24, 2.45) is 14.1 Å². The van der Waals surface area contributed by atoms with Gasteiger partial charge in [-0.2, -0.15) is 0 Å². The Morgan fingerprint density at radius 1 is 1.19 bits per heavy atom. The summed E-state index contributed by atoms with van der Waals surface area (Å²) in [6, 6.07) is 5.86. The number of carbonyl (C=O) groups excluding carboxylic acids is 1. The summed E-state index contributed by atoms with van der Waals surface area (Å²) in [5, 5.41) is 0. The SMILES string of the molecule is CCN(C(=O)Cn1c(=O)c2c(ncn2C)n(C)c1=O)c1cc(C)ccc1C. The van der Waals surface area contributed by atoms with Gasteiger partial charge in [-0.1, -0.05) is 12.1 Å². The molecular formula is C19H23N5O3. The number of amides is 1. The number of nitrogens with zero attached hydrogens (tertiary/aromatic N) is 5. The fraction of sp³-hybridized carbons (Fsp3) is 0.368. The summed E-state index contributed by atoms with van der Waals surface area (Å²) in [5.41, 5.74) is 2.30. The van der Waals surface area contributed by atoms with E-state index in [0.717, 1.165) is 21.4 Å². The Hall–Kier alpha value is -3.16. The van der Waals surface area contributed by atoms with Crippen LogP contribution in [0.4, 0.5) is 5.69 Å². The first-order valence-electron chi connectivity index (χ1n) is 8.74. The number of hydrogen-bond donors (Lipinski definition) is 0. The van der Waals surface area contributed by atoms with Crippen LogP contribution in [-0.2, 0) is 25.4 Å². The van der Waals surface area contributed by atoms with E-state index in [9.17, 15) is 14.4 Å². The molecule has 3 rings (SSSR count). The molecule has 0 spiro atoms. The van der Waals surface area contributed by atoms with Crippen LogP contribution in [-0.4, -0.2) is 31.1 Å². The first-order chi connectivity index (χ1) is 12.8. The average molecular weight is 369 g/mol. The fourth-order valence-electron chi connectivity index (χ4n) is 3.25. The Morgan fingerprint density at radius 3 is 2.56 bits per heavy atom. The zero-order chi connectivity index (χ0) is 19.9. The molecule has 8 heteroatoms. The first-order valence-corrected chi connectivity index (χ1v) is 8.74. The number of carbonyl (C=O) groups is 1. The Labute approximate surface area is 156 Å². The molecular weight excluding hydrogens is 346 g/mol. The molecule has 1 aromatic carbocycles. The molecule has 2 aromatic heterocycles. The number of aromatic nitrogens is 4. The lowest BCUT2D eigenvalue weighted by Crippen LogP contribution is -2.45. The number of imidazole rings is 1. The minimum Gasteiger partial charge on any atom is -0.328 e. The van der Waals surface area contributed by atoms with Crippen LogP contribution in [0, 0.1) is 13.8 Å². The van der Waals surface area contributed by atoms with Gasteiger partial charge in [-0.15, -0.1) is 0 Å². The molecule has 0 saturated heterocycles. The Kier molecular flexibility index (Phi) is 4.73. The lowest BCUT2D eigenvalue weighted by Gasteiger charge is -2.24. The number of anilines is 1. The number of rotatable bonds is 4. The van der Waals surface area contributed by atoms with Gasteiger partial charge in [0.25, 0.3) is 5.56 Å². The van der Waals surface area contributed by atoms with Crippen molar-refractivity contribution < 1.29 is 4.79 Å². The van der Waals surface area contributed by atoms with Crippen molar-refractivity contribution >= 4 is 22.8 Å². The largest absolute Gasteiger partial charge is 0.332 e. The fourth-order valence-corrected chi connectivity index (χ4v) is 3.25. The molecule has 1 amide bonds. The van der Waals surface area contributed by atoms with E-state index in [2.05, 4.69) is 4.98 Å². The monoisotopic (exact) mass is 369 g/mol. The van der Waals surface area contributed by atoms with Crippen molar-refractivity contribution in [1.29, 1.82) is 0 Å². The highest BCUT2D eigenvalue weighted by molar-refractivity contribution is 5.94. The summed E-state index contributed by atoms with van der Waals surface area (Å²) in [6.45, 7) is 5.86. The first kappa shape index (κ1) is 18.6. The maximum Gasteiger partial charge on any atom is 0.332 e. The molecule has 142 valence electrons. The van der Waals surface area contributed by atoms with Crippen LogP contribution in [0.3, 0.4) is 0 Å². The molecule has 0 unspecified atom stereocenters. The Morgan fingerprint density at radius 2 is 1.89 bits per heavy atom. The van der Waals surface area contributed by atoms with Crippen molar-refractivity contribution in [2.75, 3.05) is 11.4 Å². The second kappa shape index (κ2) is 6.86. The zero-order valence-electron chi connectivity index (χ0n) is 16.2. The van der Waals surface area contributed by atoms with Crippen LogP contribution in [0.5, 0.6) is 0 Å². The lowest BCUT2D eigenvalue weighted by atomic mass is 10.1. The minimum absolute atomic E-state index is 0.291. The Bertz CT molecular complexity index is 1150. The number of aryl methyl sites for hydroxylation is 4. The molecule has 0 aliphatic rings. The van der Waals surface area contributed by atoms with E-state index in [1.807, 2.05) is 39.0 Å². The van der Waals surface area contributed by atoms with E-state index < -0.39 is 11.2 Å². The summed E-state index contributed by atoms with van der Waals surface area (Å²) >= 11 is 0. The third-order valence-electron chi connectivity index (χ3n) is 4.77. The quantitative estimate of drug-likeness (QED) is 0.690. The normalized spacial score (nSPS) is 11.1. The minimum atomic E-state index is -0.559. The summed E-state index contributed by atoms with van der Waals surface area (Å²) in [6.07, 6.45) is 1.48. The van der Waals surface area contributed by atoms with Crippen molar-refractivity contribution in [3.8, 4) is 0 Å². The maximum atomic E-state index is 13.0. The van der Waals surface area contributed by atoms with Crippen LogP contribution in [0.25, 0.3) is 11.2 Å². The van der Waals surface area contributed by atoms with E-state index in [1.54, 1.807) is 23.6 Å². The molecule has 0 fully saturated rings. The standard InChI is InChI=1S/C19H23N5O3/c1-6-23(14-9-12(2)7-8-13(14)3)15(25)10-24-18(26)16-17(20-11-21(16)4)22(5)19(24)27/h7-9,11H,6,10H2,1-5H3. The van der Waals surface area contributed by atoms with E-state index in [0.29, 0.717) is 17.7 Å².